The summed E-state index contributed by atoms with van der Waals surface area (Å²) in [6, 6.07) is 3.42. The SMILES string of the molecule is CSc1ncc2ccc(=O)n(C(C)C)c2n1. The Hall–Kier alpha value is -1.36. The minimum absolute atomic E-state index is 0.0201. The highest BCUT2D eigenvalue weighted by Crippen LogP contribution is 2.16. The van der Waals surface area contributed by atoms with Gasteiger partial charge in [0.15, 0.2) is 5.16 Å². The molecular weight excluding hydrogens is 222 g/mol. The lowest BCUT2D eigenvalue weighted by Gasteiger charge is -2.12. The first-order valence-corrected chi connectivity index (χ1v) is 6.28. The van der Waals surface area contributed by atoms with E-state index in [-0.39, 0.29) is 11.6 Å². The van der Waals surface area contributed by atoms with Crippen LogP contribution in [0.4, 0.5) is 0 Å². The number of aromatic nitrogens is 3. The topological polar surface area (TPSA) is 47.8 Å². The fourth-order valence-corrected chi connectivity index (χ4v) is 1.96. The number of nitrogens with zero attached hydrogens (tertiary/aromatic N) is 3. The molecule has 0 saturated carbocycles. The third kappa shape index (κ3) is 1.82. The summed E-state index contributed by atoms with van der Waals surface area (Å²) in [6.45, 7) is 3.95. The van der Waals surface area contributed by atoms with Gasteiger partial charge in [0.25, 0.3) is 5.56 Å². The molecule has 16 heavy (non-hydrogen) atoms. The molecule has 0 radical (unpaired) electrons. The monoisotopic (exact) mass is 235 g/mol. The van der Waals surface area contributed by atoms with E-state index in [2.05, 4.69) is 9.97 Å². The second-order valence-electron chi connectivity index (χ2n) is 3.77. The molecule has 0 saturated heterocycles. The smallest absolute Gasteiger partial charge is 0.252 e. The number of hydrogen-bond acceptors (Lipinski definition) is 4. The standard InChI is InChI=1S/C11H13N3OS/c1-7(2)14-9(15)5-4-8-6-12-11(16-3)13-10(8)14/h4-7H,1-3H3. The van der Waals surface area contributed by atoms with Gasteiger partial charge in [0, 0.05) is 23.7 Å². The summed E-state index contributed by atoms with van der Waals surface area (Å²) >= 11 is 1.47. The Kier molecular flexibility index (Phi) is 2.96. The van der Waals surface area contributed by atoms with Crippen molar-refractivity contribution < 1.29 is 0 Å². The van der Waals surface area contributed by atoms with Gasteiger partial charge in [-0.3, -0.25) is 9.36 Å². The molecular formula is C11H13N3OS. The van der Waals surface area contributed by atoms with Gasteiger partial charge in [-0.1, -0.05) is 11.8 Å². The molecule has 0 aromatic carbocycles. The average Bonchev–Trinajstić information content (AvgIpc) is 2.27. The molecule has 2 aromatic heterocycles. The van der Waals surface area contributed by atoms with E-state index in [4.69, 9.17) is 0 Å². The lowest BCUT2D eigenvalue weighted by atomic mass is 10.3. The van der Waals surface area contributed by atoms with Gasteiger partial charge >= 0.3 is 0 Å². The summed E-state index contributed by atoms with van der Waals surface area (Å²) in [5, 5.41) is 1.58. The molecule has 84 valence electrons. The van der Waals surface area contributed by atoms with E-state index < -0.39 is 0 Å². The van der Waals surface area contributed by atoms with Crippen LogP contribution in [-0.4, -0.2) is 20.8 Å². The van der Waals surface area contributed by atoms with Crippen LogP contribution in [0.3, 0.4) is 0 Å². The Morgan fingerprint density at radius 2 is 2.12 bits per heavy atom. The van der Waals surface area contributed by atoms with Gasteiger partial charge in [0.1, 0.15) is 5.65 Å². The first-order valence-electron chi connectivity index (χ1n) is 5.05. The van der Waals surface area contributed by atoms with E-state index >= 15 is 0 Å². The molecule has 0 aliphatic rings. The predicted molar refractivity (Wildman–Crippen MR) is 66.0 cm³/mol. The summed E-state index contributed by atoms with van der Waals surface area (Å²) in [7, 11) is 0. The van der Waals surface area contributed by atoms with Gasteiger partial charge in [-0.05, 0) is 26.2 Å². The second-order valence-corrected chi connectivity index (χ2v) is 4.54. The number of pyridine rings is 1. The summed E-state index contributed by atoms with van der Waals surface area (Å²) in [5.41, 5.74) is 0.690. The molecule has 4 nitrogen and oxygen atoms in total. The van der Waals surface area contributed by atoms with Gasteiger partial charge in [-0.15, -0.1) is 0 Å². The molecule has 0 spiro atoms. The fraction of sp³-hybridized carbons (Fsp3) is 0.364. The van der Waals surface area contributed by atoms with Crippen molar-refractivity contribution in [2.75, 3.05) is 6.26 Å². The Balaban J connectivity index is 2.83. The van der Waals surface area contributed by atoms with Crippen LogP contribution >= 0.6 is 11.8 Å². The highest BCUT2D eigenvalue weighted by Gasteiger charge is 2.08. The Morgan fingerprint density at radius 3 is 2.75 bits per heavy atom. The molecule has 0 unspecified atom stereocenters. The summed E-state index contributed by atoms with van der Waals surface area (Å²) in [6.07, 6.45) is 3.68. The highest BCUT2D eigenvalue weighted by molar-refractivity contribution is 7.98. The van der Waals surface area contributed by atoms with E-state index in [1.807, 2.05) is 20.1 Å². The zero-order valence-electron chi connectivity index (χ0n) is 9.47. The maximum atomic E-state index is 11.8. The molecule has 2 heterocycles. The van der Waals surface area contributed by atoms with Gasteiger partial charge in [0.2, 0.25) is 0 Å². The van der Waals surface area contributed by atoms with Gasteiger partial charge in [0.05, 0.1) is 0 Å². The van der Waals surface area contributed by atoms with Gasteiger partial charge in [-0.25, -0.2) is 9.97 Å². The molecule has 5 heteroatoms. The quantitative estimate of drug-likeness (QED) is 0.590. The molecule has 0 aliphatic heterocycles. The zero-order chi connectivity index (χ0) is 11.7. The second kappa shape index (κ2) is 4.25. The Bertz CT molecular complexity index is 577. The zero-order valence-corrected chi connectivity index (χ0v) is 10.3. The first-order chi connectivity index (χ1) is 7.63. The van der Waals surface area contributed by atoms with E-state index in [1.165, 1.54) is 11.8 Å². The van der Waals surface area contributed by atoms with Gasteiger partial charge in [-0.2, -0.15) is 0 Å². The van der Waals surface area contributed by atoms with E-state index in [1.54, 1.807) is 22.9 Å². The van der Waals surface area contributed by atoms with Crippen LogP contribution in [0.1, 0.15) is 19.9 Å². The maximum Gasteiger partial charge on any atom is 0.252 e. The third-order valence-corrected chi connectivity index (χ3v) is 2.91. The molecule has 2 rings (SSSR count). The maximum absolute atomic E-state index is 11.8. The molecule has 0 amide bonds. The van der Waals surface area contributed by atoms with Crippen molar-refractivity contribution >= 4 is 22.8 Å². The molecule has 0 fully saturated rings. The molecule has 0 aliphatic carbocycles. The van der Waals surface area contributed by atoms with Crippen molar-refractivity contribution in [2.24, 2.45) is 0 Å². The van der Waals surface area contributed by atoms with Crippen LogP contribution in [0.2, 0.25) is 0 Å². The van der Waals surface area contributed by atoms with Crippen LogP contribution in [0, 0.1) is 0 Å². The fourth-order valence-electron chi connectivity index (χ4n) is 1.62. The largest absolute Gasteiger partial charge is 0.290 e. The summed E-state index contributed by atoms with van der Waals surface area (Å²) in [4.78, 5) is 20.4. The Morgan fingerprint density at radius 1 is 1.38 bits per heavy atom. The predicted octanol–water partition coefficient (Wildman–Crippen LogP) is 2.09. The minimum atomic E-state index is -0.0201. The number of rotatable bonds is 2. The number of hydrogen-bond donors (Lipinski definition) is 0. The first kappa shape index (κ1) is 11.1. The number of fused-ring (bicyclic) bond motifs is 1. The third-order valence-electron chi connectivity index (χ3n) is 2.34. The van der Waals surface area contributed by atoms with Crippen molar-refractivity contribution in [1.29, 1.82) is 0 Å². The van der Waals surface area contributed by atoms with E-state index in [0.717, 1.165) is 5.39 Å². The number of thioether (sulfide) groups is 1. The van der Waals surface area contributed by atoms with E-state index in [9.17, 15) is 4.79 Å². The molecule has 2 aromatic rings. The normalized spacial score (nSPS) is 11.2. The van der Waals surface area contributed by atoms with Crippen LogP contribution < -0.4 is 5.56 Å². The highest BCUT2D eigenvalue weighted by atomic mass is 32.2. The summed E-state index contributed by atoms with van der Waals surface area (Å²) in [5.74, 6) is 0. The van der Waals surface area contributed by atoms with Crippen molar-refractivity contribution in [3.63, 3.8) is 0 Å². The molecule has 0 bridgehead atoms. The van der Waals surface area contributed by atoms with Crippen molar-refractivity contribution in [2.45, 2.75) is 25.0 Å². The lowest BCUT2D eigenvalue weighted by Crippen LogP contribution is -2.22. The van der Waals surface area contributed by atoms with Crippen LogP contribution in [-0.2, 0) is 0 Å². The minimum Gasteiger partial charge on any atom is -0.290 e. The van der Waals surface area contributed by atoms with Crippen molar-refractivity contribution in [3.8, 4) is 0 Å². The van der Waals surface area contributed by atoms with E-state index in [0.29, 0.717) is 10.8 Å². The summed E-state index contributed by atoms with van der Waals surface area (Å²) < 4.78 is 1.69. The van der Waals surface area contributed by atoms with Crippen LogP contribution in [0.5, 0.6) is 0 Å². The molecule has 0 N–H and O–H groups in total. The lowest BCUT2D eigenvalue weighted by molar-refractivity contribution is 0.592. The van der Waals surface area contributed by atoms with Crippen LogP contribution in [0.15, 0.2) is 28.3 Å². The van der Waals surface area contributed by atoms with Crippen molar-refractivity contribution in [1.82, 2.24) is 14.5 Å². The average molecular weight is 235 g/mol. The van der Waals surface area contributed by atoms with Crippen molar-refractivity contribution in [3.05, 3.63) is 28.7 Å². The van der Waals surface area contributed by atoms with Crippen LogP contribution in [0.25, 0.3) is 11.0 Å². The Labute approximate surface area is 97.7 Å². The van der Waals surface area contributed by atoms with Gasteiger partial charge < -0.3 is 0 Å². The molecule has 0 atom stereocenters.